The second-order valence-corrected chi connectivity index (χ2v) is 5.47. The van der Waals surface area contributed by atoms with Crippen LogP contribution in [0.15, 0.2) is 22.8 Å². The Hall–Kier alpha value is -0.570. The molecule has 2 nitrogen and oxygen atoms in total. The Morgan fingerprint density at radius 2 is 2.12 bits per heavy atom. The minimum Gasteiger partial charge on any atom is -0.357 e. The molecule has 1 aromatic rings. The lowest BCUT2D eigenvalue weighted by atomic mass is 9.92. The fraction of sp³-hybridized carbons (Fsp3) is 0.615. The fourth-order valence-corrected chi connectivity index (χ4v) is 2.65. The van der Waals surface area contributed by atoms with E-state index in [1.807, 2.05) is 6.20 Å². The van der Waals surface area contributed by atoms with Crippen LogP contribution in [-0.2, 0) is 0 Å². The number of anilines is 1. The summed E-state index contributed by atoms with van der Waals surface area (Å²) < 4.78 is 1.05. The van der Waals surface area contributed by atoms with Gasteiger partial charge in [-0.25, -0.2) is 4.98 Å². The minimum absolute atomic E-state index is 0.941. The van der Waals surface area contributed by atoms with E-state index >= 15 is 0 Å². The summed E-state index contributed by atoms with van der Waals surface area (Å²) in [5.74, 6) is 2.06. The van der Waals surface area contributed by atoms with Crippen LogP contribution in [0.3, 0.4) is 0 Å². The third-order valence-electron chi connectivity index (χ3n) is 3.35. The van der Waals surface area contributed by atoms with Crippen molar-refractivity contribution in [2.45, 2.75) is 32.6 Å². The number of piperidine rings is 1. The van der Waals surface area contributed by atoms with E-state index in [0.29, 0.717) is 0 Å². The van der Waals surface area contributed by atoms with Crippen molar-refractivity contribution >= 4 is 21.7 Å². The van der Waals surface area contributed by atoms with Gasteiger partial charge < -0.3 is 4.90 Å². The molecule has 88 valence electrons. The van der Waals surface area contributed by atoms with Crippen LogP contribution in [0, 0.1) is 5.92 Å². The lowest BCUT2D eigenvalue weighted by Crippen LogP contribution is -2.34. The smallest absolute Gasteiger partial charge is 0.128 e. The van der Waals surface area contributed by atoms with Crippen molar-refractivity contribution in [1.82, 2.24) is 4.98 Å². The van der Waals surface area contributed by atoms with Gasteiger partial charge in [0.1, 0.15) is 5.82 Å². The lowest BCUT2D eigenvalue weighted by Gasteiger charge is -2.32. The monoisotopic (exact) mass is 282 g/mol. The van der Waals surface area contributed by atoms with Crippen molar-refractivity contribution < 1.29 is 0 Å². The van der Waals surface area contributed by atoms with Crippen LogP contribution in [0.4, 0.5) is 5.82 Å². The van der Waals surface area contributed by atoms with Gasteiger partial charge in [-0.3, -0.25) is 0 Å². The molecule has 0 bridgehead atoms. The zero-order valence-electron chi connectivity index (χ0n) is 9.82. The molecule has 0 radical (unpaired) electrons. The first-order valence-corrected chi connectivity index (χ1v) is 6.95. The van der Waals surface area contributed by atoms with Gasteiger partial charge in [-0.05, 0) is 46.8 Å². The molecule has 2 rings (SSSR count). The predicted octanol–water partition coefficient (Wildman–Crippen LogP) is 3.86. The molecule has 3 heteroatoms. The van der Waals surface area contributed by atoms with Gasteiger partial charge in [-0.2, -0.15) is 0 Å². The highest BCUT2D eigenvalue weighted by Gasteiger charge is 2.19. The minimum atomic E-state index is 0.941. The van der Waals surface area contributed by atoms with E-state index in [4.69, 9.17) is 0 Å². The number of halogens is 1. The van der Waals surface area contributed by atoms with Crippen molar-refractivity contribution in [3.05, 3.63) is 22.8 Å². The molecule has 0 saturated carbocycles. The molecule has 16 heavy (non-hydrogen) atoms. The second kappa shape index (κ2) is 5.67. The highest BCUT2D eigenvalue weighted by atomic mass is 79.9. The molecule has 0 amide bonds. The van der Waals surface area contributed by atoms with Gasteiger partial charge in [0.25, 0.3) is 0 Å². The van der Waals surface area contributed by atoms with Crippen molar-refractivity contribution in [3.8, 4) is 0 Å². The molecule has 1 aliphatic heterocycles. The molecule has 1 aromatic heterocycles. The number of rotatable bonds is 3. The first kappa shape index (κ1) is 11.9. The summed E-state index contributed by atoms with van der Waals surface area (Å²) in [4.78, 5) is 6.85. The summed E-state index contributed by atoms with van der Waals surface area (Å²) in [6, 6.07) is 4.17. The van der Waals surface area contributed by atoms with Crippen LogP contribution in [0.1, 0.15) is 32.6 Å². The molecule has 0 aliphatic carbocycles. The van der Waals surface area contributed by atoms with Crippen LogP contribution in [0.2, 0.25) is 0 Å². The van der Waals surface area contributed by atoms with E-state index in [1.54, 1.807) is 0 Å². The van der Waals surface area contributed by atoms with E-state index in [-0.39, 0.29) is 0 Å². The summed E-state index contributed by atoms with van der Waals surface area (Å²) in [6.07, 6.45) is 7.24. The lowest BCUT2D eigenvalue weighted by molar-refractivity contribution is 0.377. The largest absolute Gasteiger partial charge is 0.357 e. The molecule has 1 saturated heterocycles. The molecule has 1 aliphatic rings. The van der Waals surface area contributed by atoms with Gasteiger partial charge in [-0.15, -0.1) is 0 Å². The zero-order valence-corrected chi connectivity index (χ0v) is 11.4. The number of pyridine rings is 1. The predicted molar refractivity (Wildman–Crippen MR) is 71.8 cm³/mol. The molecule has 0 spiro atoms. The van der Waals surface area contributed by atoms with Crippen molar-refractivity contribution in [1.29, 1.82) is 0 Å². The zero-order chi connectivity index (χ0) is 11.4. The fourth-order valence-electron chi connectivity index (χ4n) is 2.41. The number of nitrogens with zero attached hydrogens (tertiary/aromatic N) is 2. The van der Waals surface area contributed by atoms with Gasteiger partial charge in [0.2, 0.25) is 0 Å². The average Bonchev–Trinajstić information content (AvgIpc) is 2.32. The van der Waals surface area contributed by atoms with Crippen LogP contribution in [-0.4, -0.2) is 18.1 Å². The summed E-state index contributed by atoms with van der Waals surface area (Å²) in [5, 5.41) is 0. The third-order valence-corrected chi connectivity index (χ3v) is 3.82. The van der Waals surface area contributed by atoms with Crippen LogP contribution in [0.5, 0.6) is 0 Å². The van der Waals surface area contributed by atoms with E-state index < -0.39 is 0 Å². The Bertz CT molecular complexity index is 315. The maximum Gasteiger partial charge on any atom is 0.128 e. The van der Waals surface area contributed by atoms with Crippen molar-refractivity contribution in [2.75, 3.05) is 18.0 Å². The average molecular weight is 283 g/mol. The topological polar surface area (TPSA) is 16.1 Å². The first-order chi connectivity index (χ1) is 7.79. The highest BCUT2D eigenvalue weighted by molar-refractivity contribution is 9.10. The number of hydrogen-bond donors (Lipinski definition) is 0. The Kier molecular flexibility index (Phi) is 4.22. The summed E-state index contributed by atoms with van der Waals surface area (Å²) >= 11 is 3.42. The molecule has 0 aromatic carbocycles. The van der Waals surface area contributed by atoms with Gasteiger partial charge in [0.15, 0.2) is 0 Å². The summed E-state index contributed by atoms with van der Waals surface area (Å²) in [6.45, 7) is 4.61. The standard InChI is InChI=1S/C13H19BrN2/c1-2-3-11-6-8-16(9-7-11)13-5-4-12(14)10-15-13/h4-5,10-11H,2-3,6-9H2,1H3. The van der Waals surface area contributed by atoms with Gasteiger partial charge in [0, 0.05) is 23.8 Å². The van der Waals surface area contributed by atoms with E-state index in [9.17, 15) is 0 Å². The molecule has 0 atom stereocenters. The molecular formula is C13H19BrN2. The maximum atomic E-state index is 4.45. The van der Waals surface area contributed by atoms with Crippen LogP contribution < -0.4 is 4.90 Å². The normalized spacial score (nSPS) is 17.8. The van der Waals surface area contributed by atoms with Crippen molar-refractivity contribution in [3.63, 3.8) is 0 Å². The Morgan fingerprint density at radius 3 is 2.69 bits per heavy atom. The van der Waals surface area contributed by atoms with Crippen LogP contribution in [0.25, 0.3) is 0 Å². The molecule has 2 heterocycles. The SMILES string of the molecule is CCCC1CCN(c2ccc(Br)cn2)CC1. The van der Waals surface area contributed by atoms with E-state index in [2.05, 4.69) is 44.9 Å². The van der Waals surface area contributed by atoms with Gasteiger partial charge in [-0.1, -0.05) is 19.8 Å². The van der Waals surface area contributed by atoms with Crippen molar-refractivity contribution in [2.24, 2.45) is 5.92 Å². The Morgan fingerprint density at radius 1 is 1.38 bits per heavy atom. The summed E-state index contributed by atoms with van der Waals surface area (Å²) in [5.41, 5.74) is 0. The molecular weight excluding hydrogens is 264 g/mol. The summed E-state index contributed by atoms with van der Waals surface area (Å²) in [7, 11) is 0. The van der Waals surface area contributed by atoms with Gasteiger partial charge in [0.05, 0.1) is 0 Å². The number of aromatic nitrogens is 1. The van der Waals surface area contributed by atoms with E-state index in [0.717, 1.165) is 16.2 Å². The Balaban J connectivity index is 1.91. The Labute approximate surface area is 106 Å². The second-order valence-electron chi connectivity index (χ2n) is 4.55. The molecule has 0 unspecified atom stereocenters. The third kappa shape index (κ3) is 2.97. The highest BCUT2D eigenvalue weighted by Crippen LogP contribution is 2.25. The quantitative estimate of drug-likeness (QED) is 0.837. The first-order valence-electron chi connectivity index (χ1n) is 6.16. The number of hydrogen-bond acceptors (Lipinski definition) is 2. The van der Waals surface area contributed by atoms with Gasteiger partial charge >= 0.3 is 0 Å². The van der Waals surface area contributed by atoms with Crippen LogP contribution >= 0.6 is 15.9 Å². The maximum absolute atomic E-state index is 4.45. The molecule has 1 fully saturated rings. The molecule has 0 N–H and O–H groups in total. The van der Waals surface area contributed by atoms with E-state index in [1.165, 1.54) is 38.8 Å².